The molecule has 25 heavy (non-hydrogen) atoms. The van der Waals surface area contributed by atoms with E-state index in [0.29, 0.717) is 6.54 Å². The van der Waals surface area contributed by atoms with Gasteiger partial charge in [0.15, 0.2) is 0 Å². The highest BCUT2D eigenvalue weighted by Crippen LogP contribution is 2.31. The lowest BCUT2D eigenvalue weighted by molar-refractivity contribution is 0.00819. The second-order valence-corrected chi connectivity index (χ2v) is 5.06. The fourth-order valence-electron chi connectivity index (χ4n) is 2.42. The van der Waals surface area contributed by atoms with E-state index < -0.39 is 6.68 Å². The van der Waals surface area contributed by atoms with Crippen LogP contribution in [0.3, 0.4) is 0 Å². The van der Waals surface area contributed by atoms with Gasteiger partial charge in [-0.15, -0.1) is 0 Å². The van der Waals surface area contributed by atoms with Crippen LogP contribution in [0.2, 0.25) is 0 Å². The fraction of sp³-hybridized carbons (Fsp3) is 0.100. The van der Waals surface area contributed by atoms with Gasteiger partial charge in [-0.3, -0.25) is 0 Å². The third-order valence-corrected chi connectivity index (χ3v) is 3.51. The summed E-state index contributed by atoms with van der Waals surface area (Å²) >= 11 is 0. The topological polar surface area (TPSA) is 26.0 Å². The zero-order chi connectivity index (χ0) is 17.4. The fourth-order valence-corrected chi connectivity index (χ4v) is 2.42. The van der Waals surface area contributed by atoms with Gasteiger partial charge in [-0.2, -0.15) is 26.7 Å². The molecule has 0 spiro atoms. The van der Waals surface area contributed by atoms with Crippen LogP contribution in [0, 0.1) is 0 Å². The molecule has 0 heterocycles. The maximum atomic E-state index is 9.67. The quantitative estimate of drug-likeness (QED) is 0.628. The van der Waals surface area contributed by atoms with Crippen molar-refractivity contribution in [2.75, 3.05) is 0 Å². The molecule has 0 saturated heterocycles. The van der Waals surface area contributed by atoms with Crippen molar-refractivity contribution in [1.82, 2.24) is 0 Å². The van der Waals surface area contributed by atoms with Crippen LogP contribution in [-0.4, -0.2) is 6.68 Å². The van der Waals surface area contributed by atoms with Gasteiger partial charge in [0.25, 0.3) is 0 Å². The highest BCUT2D eigenvalue weighted by atomic mass is 32.1. The van der Waals surface area contributed by atoms with Gasteiger partial charge in [0, 0.05) is 6.54 Å². The molecule has 0 aliphatic carbocycles. The lowest BCUT2D eigenvalue weighted by Crippen LogP contribution is -1.95. The molecule has 0 radical (unpaired) electrons. The summed E-state index contributed by atoms with van der Waals surface area (Å²) in [5.41, 5.74) is 11.8. The van der Waals surface area contributed by atoms with Gasteiger partial charge in [-0.05, 0) is 27.8 Å². The third-order valence-electron chi connectivity index (χ3n) is 3.51. The summed E-state index contributed by atoms with van der Waals surface area (Å²) < 4.78 is 29.0. The van der Waals surface area contributed by atoms with E-state index in [0.717, 1.165) is 5.56 Å². The molecule has 0 fully saturated rings. The van der Waals surface area contributed by atoms with E-state index in [9.17, 15) is 13.2 Å². The number of rotatable bonds is 3. The van der Waals surface area contributed by atoms with E-state index in [2.05, 4.69) is 72.8 Å². The summed E-state index contributed by atoms with van der Waals surface area (Å²) in [7, 11) is 0. The molecule has 0 aliphatic heterocycles. The Bertz CT molecular complexity index is 744. The maximum Gasteiger partial charge on any atom is 0.379 e. The van der Waals surface area contributed by atoms with Gasteiger partial charge in [0.2, 0.25) is 0 Å². The molecular weight excluding hydrogens is 343 g/mol. The van der Waals surface area contributed by atoms with Crippen molar-refractivity contribution < 1.29 is 13.2 Å². The van der Waals surface area contributed by atoms with Gasteiger partial charge >= 0.3 is 6.68 Å². The molecule has 2 N–H and O–H groups in total. The predicted octanol–water partition coefficient (Wildman–Crippen LogP) is 5.77. The molecule has 0 aromatic heterocycles. The minimum Gasteiger partial charge on any atom is -0.326 e. The van der Waals surface area contributed by atoms with E-state index >= 15 is 0 Å². The molecule has 1 nitrogen and oxygen atoms in total. The van der Waals surface area contributed by atoms with Crippen molar-refractivity contribution in [2.24, 2.45) is 5.73 Å². The van der Waals surface area contributed by atoms with E-state index in [-0.39, 0.29) is 13.5 Å². The monoisotopic (exact) mass is 363 g/mol. The molecule has 3 aromatic carbocycles. The molecule has 0 unspecified atom stereocenters. The Balaban J connectivity index is 0.000000568. The smallest absolute Gasteiger partial charge is 0.326 e. The van der Waals surface area contributed by atoms with E-state index in [4.69, 9.17) is 5.73 Å². The van der Waals surface area contributed by atoms with Crippen molar-refractivity contribution >= 4 is 13.5 Å². The molecule has 0 bridgehead atoms. The van der Waals surface area contributed by atoms with Crippen LogP contribution < -0.4 is 5.73 Å². The lowest BCUT2D eigenvalue weighted by Gasteiger charge is -2.10. The van der Waals surface area contributed by atoms with Crippen molar-refractivity contribution in [2.45, 2.75) is 13.2 Å². The van der Waals surface area contributed by atoms with Gasteiger partial charge in [0.1, 0.15) is 0 Å². The number of nitrogens with two attached hydrogens (primary N) is 1. The number of benzene rings is 3. The number of halogens is 3. The molecule has 0 aliphatic rings. The van der Waals surface area contributed by atoms with Crippen molar-refractivity contribution in [3.05, 3.63) is 84.4 Å². The van der Waals surface area contributed by atoms with Gasteiger partial charge in [0.05, 0.1) is 0 Å². The largest absolute Gasteiger partial charge is 0.379 e. The Hall–Kier alpha value is -2.24. The first-order valence-electron chi connectivity index (χ1n) is 7.48. The summed E-state index contributed by atoms with van der Waals surface area (Å²) in [5.74, 6) is 0. The van der Waals surface area contributed by atoms with Crippen LogP contribution in [0.4, 0.5) is 13.2 Å². The second-order valence-electron chi connectivity index (χ2n) is 5.06. The SMILES string of the molecule is FC(F)F.NCc1ccc(-c2ccccc2-c2ccccc2)cc1.S. The Morgan fingerprint density at radius 3 is 1.48 bits per heavy atom. The highest BCUT2D eigenvalue weighted by Gasteiger charge is 2.06. The molecule has 0 saturated carbocycles. The molecule has 0 atom stereocenters. The first-order valence-corrected chi connectivity index (χ1v) is 7.48. The molecule has 132 valence electrons. The number of hydrogen-bond donors (Lipinski definition) is 1. The second kappa shape index (κ2) is 10.6. The maximum absolute atomic E-state index is 9.67. The van der Waals surface area contributed by atoms with Crippen LogP contribution in [0.1, 0.15) is 5.56 Å². The van der Waals surface area contributed by atoms with Gasteiger partial charge < -0.3 is 5.73 Å². The Kier molecular flexibility index (Phi) is 8.81. The average Bonchev–Trinajstić information content (AvgIpc) is 2.62. The van der Waals surface area contributed by atoms with E-state index in [1.54, 1.807) is 0 Å². The minimum atomic E-state index is -3.67. The van der Waals surface area contributed by atoms with Gasteiger partial charge in [-0.25, -0.2) is 0 Å². The van der Waals surface area contributed by atoms with Crippen LogP contribution in [-0.2, 0) is 6.54 Å². The zero-order valence-corrected chi connectivity index (χ0v) is 14.5. The lowest BCUT2D eigenvalue weighted by atomic mass is 9.94. The first kappa shape index (κ1) is 20.8. The van der Waals surface area contributed by atoms with Crippen LogP contribution in [0.5, 0.6) is 0 Å². The van der Waals surface area contributed by atoms with E-state index in [1.807, 2.05) is 6.07 Å². The summed E-state index contributed by atoms with van der Waals surface area (Å²) in [6.45, 7) is -3.08. The van der Waals surface area contributed by atoms with E-state index in [1.165, 1.54) is 22.3 Å². The first-order chi connectivity index (χ1) is 11.6. The Labute approximate surface area is 152 Å². The summed E-state index contributed by atoms with van der Waals surface area (Å²) in [6, 6.07) is 27.5. The van der Waals surface area contributed by atoms with Crippen LogP contribution in [0.15, 0.2) is 78.9 Å². The molecular formula is C20H20F3NS. The Morgan fingerprint density at radius 1 is 0.640 bits per heavy atom. The van der Waals surface area contributed by atoms with Gasteiger partial charge in [-0.1, -0.05) is 78.9 Å². The van der Waals surface area contributed by atoms with Crippen LogP contribution >= 0.6 is 13.5 Å². The molecule has 3 rings (SSSR count). The third kappa shape index (κ3) is 6.29. The van der Waals surface area contributed by atoms with Crippen molar-refractivity contribution in [1.29, 1.82) is 0 Å². The van der Waals surface area contributed by atoms with Crippen molar-refractivity contribution in [3.63, 3.8) is 0 Å². The standard InChI is InChI=1S/C19H17N.CHF3.H2S/c20-14-15-10-12-17(13-11-15)19-9-5-4-8-18(19)16-6-2-1-3-7-16;2-1(3)4;/h1-13H,14,20H2;1H;1H2. The summed E-state index contributed by atoms with van der Waals surface area (Å²) in [6.07, 6.45) is 0. The number of hydrogen-bond acceptors (Lipinski definition) is 1. The summed E-state index contributed by atoms with van der Waals surface area (Å²) in [4.78, 5) is 0. The molecule has 5 heteroatoms. The predicted molar refractivity (Wildman–Crippen MR) is 103 cm³/mol. The zero-order valence-electron chi connectivity index (χ0n) is 13.5. The minimum absolute atomic E-state index is 0. The molecule has 3 aromatic rings. The average molecular weight is 363 g/mol. The van der Waals surface area contributed by atoms with Crippen LogP contribution in [0.25, 0.3) is 22.3 Å². The highest BCUT2D eigenvalue weighted by molar-refractivity contribution is 7.59. The summed E-state index contributed by atoms with van der Waals surface area (Å²) in [5, 5.41) is 0. The normalized spacial score (nSPS) is 9.80. The molecule has 0 amide bonds. The Morgan fingerprint density at radius 2 is 1.04 bits per heavy atom. The number of alkyl halides is 3. The van der Waals surface area contributed by atoms with Crippen molar-refractivity contribution in [3.8, 4) is 22.3 Å².